The second kappa shape index (κ2) is 6.29. The van der Waals surface area contributed by atoms with E-state index in [0.29, 0.717) is 13.2 Å². The Hall–Kier alpha value is -2.55. The molecule has 0 saturated heterocycles. The van der Waals surface area contributed by atoms with Gasteiger partial charge in [-0.3, -0.25) is 4.79 Å². The molecule has 2 aromatic carbocycles. The summed E-state index contributed by atoms with van der Waals surface area (Å²) in [6, 6.07) is 15.7. The number of pyridine rings is 1. The zero-order valence-electron chi connectivity index (χ0n) is 13.8. The summed E-state index contributed by atoms with van der Waals surface area (Å²) in [5, 5.41) is 1.14. The van der Waals surface area contributed by atoms with Gasteiger partial charge in [-0.2, -0.15) is 0 Å². The number of para-hydroxylation sites is 1. The first-order valence-corrected chi connectivity index (χ1v) is 7.85. The van der Waals surface area contributed by atoms with E-state index in [0.717, 1.165) is 27.8 Å². The molecule has 1 heterocycles. The minimum absolute atomic E-state index is 0.0265. The van der Waals surface area contributed by atoms with Gasteiger partial charge in [-0.05, 0) is 50.1 Å². The first-order chi connectivity index (χ1) is 11.1. The summed E-state index contributed by atoms with van der Waals surface area (Å²) < 4.78 is 7.57. The molecule has 0 saturated carbocycles. The van der Waals surface area contributed by atoms with Crippen LogP contribution in [0.25, 0.3) is 10.9 Å². The highest BCUT2D eigenvalue weighted by atomic mass is 16.5. The summed E-state index contributed by atoms with van der Waals surface area (Å²) in [5.74, 6) is 0.824. The SMILES string of the molecule is Cc1cc(C)c2c(c1)c(C)cc(=O)n2CCOc1ccccc1. The Morgan fingerprint density at radius 1 is 0.957 bits per heavy atom. The Morgan fingerprint density at radius 3 is 2.43 bits per heavy atom. The van der Waals surface area contributed by atoms with E-state index in [2.05, 4.69) is 26.0 Å². The molecule has 3 nitrogen and oxygen atoms in total. The zero-order valence-corrected chi connectivity index (χ0v) is 13.8. The predicted molar refractivity (Wildman–Crippen MR) is 94.4 cm³/mol. The monoisotopic (exact) mass is 307 g/mol. The lowest BCUT2D eigenvalue weighted by Gasteiger charge is -2.15. The lowest BCUT2D eigenvalue weighted by Crippen LogP contribution is -2.24. The molecule has 0 bridgehead atoms. The number of ether oxygens (including phenoxy) is 1. The first-order valence-electron chi connectivity index (χ1n) is 7.85. The number of hydrogen-bond donors (Lipinski definition) is 0. The normalized spacial score (nSPS) is 10.9. The predicted octanol–water partition coefficient (Wildman–Crippen LogP) is 4.01. The van der Waals surface area contributed by atoms with Gasteiger partial charge in [-0.1, -0.05) is 29.8 Å². The molecule has 118 valence electrons. The third-order valence-corrected chi connectivity index (χ3v) is 4.07. The Kier molecular flexibility index (Phi) is 4.20. The van der Waals surface area contributed by atoms with Crippen molar-refractivity contribution in [2.24, 2.45) is 0 Å². The van der Waals surface area contributed by atoms with Crippen LogP contribution in [-0.2, 0) is 6.54 Å². The summed E-state index contributed by atoms with van der Waals surface area (Å²) >= 11 is 0. The number of nitrogens with zero attached hydrogens (tertiary/aromatic N) is 1. The summed E-state index contributed by atoms with van der Waals surface area (Å²) in [5.41, 5.74) is 4.40. The molecular formula is C20H21NO2. The van der Waals surface area contributed by atoms with Gasteiger partial charge in [0.05, 0.1) is 12.1 Å². The van der Waals surface area contributed by atoms with E-state index < -0.39 is 0 Å². The second-order valence-electron chi connectivity index (χ2n) is 5.96. The maximum Gasteiger partial charge on any atom is 0.251 e. The average Bonchev–Trinajstić information content (AvgIpc) is 2.51. The fraction of sp³-hybridized carbons (Fsp3) is 0.250. The van der Waals surface area contributed by atoms with E-state index in [1.807, 2.05) is 41.8 Å². The van der Waals surface area contributed by atoms with Gasteiger partial charge in [-0.25, -0.2) is 0 Å². The zero-order chi connectivity index (χ0) is 16.4. The van der Waals surface area contributed by atoms with Crippen LogP contribution in [0.15, 0.2) is 53.3 Å². The number of aryl methyl sites for hydroxylation is 3. The minimum atomic E-state index is 0.0265. The van der Waals surface area contributed by atoms with E-state index in [4.69, 9.17) is 4.74 Å². The molecule has 0 unspecified atom stereocenters. The van der Waals surface area contributed by atoms with E-state index in [9.17, 15) is 4.79 Å². The average molecular weight is 307 g/mol. The Labute approximate surface area is 136 Å². The van der Waals surface area contributed by atoms with Gasteiger partial charge >= 0.3 is 0 Å². The largest absolute Gasteiger partial charge is 0.492 e. The van der Waals surface area contributed by atoms with Crippen molar-refractivity contribution < 1.29 is 4.74 Å². The fourth-order valence-electron chi connectivity index (χ4n) is 3.06. The molecule has 0 spiro atoms. The molecule has 3 rings (SSSR count). The lowest BCUT2D eigenvalue weighted by molar-refractivity contribution is 0.298. The summed E-state index contributed by atoms with van der Waals surface area (Å²) in [6.07, 6.45) is 0. The third-order valence-electron chi connectivity index (χ3n) is 4.07. The van der Waals surface area contributed by atoms with Gasteiger partial charge in [-0.15, -0.1) is 0 Å². The smallest absolute Gasteiger partial charge is 0.251 e. The minimum Gasteiger partial charge on any atom is -0.492 e. The standard InChI is InChI=1S/C20H21NO2/c1-14-11-16(3)20-18(12-14)15(2)13-19(22)21(20)9-10-23-17-7-5-4-6-8-17/h4-8,11-13H,9-10H2,1-3H3. The molecule has 0 radical (unpaired) electrons. The van der Waals surface area contributed by atoms with Gasteiger partial charge in [0.1, 0.15) is 12.4 Å². The van der Waals surface area contributed by atoms with E-state index in [-0.39, 0.29) is 5.56 Å². The molecule has 3 heteroatoms. The fourth-order valence-corrected chi connectivity index (χ4v) is 3.06. The maximum absolute atomic E-state index is 12.4. The van der Waals surface area contributed by atoms with Gasteiger partial charge in [0.2, 0.25) is 0 Å². The Bertz CT molecular complexity index is 895. The van der Waals surface area contributed by atoms with Gasteiger partial charge in [0, 0.05) is 11.5 Å². The molecule has 0 aliphatic rings. The second-order valence-corrected chi connectivity index (χ2v) is 5.96. The molecule has 0 aliphatic heterocycles. The summed E-state index contributed by atoms with van der Waals surface area (Å²) in [4.78, 5) is 12.4. The molecule has 0 fully saturated rings. The molecule has 3 aromatic rings. The number of rotatable bonds is 4. The van der Waals surface area contributed by atoms with Crippen molar-refractivity contribution in [1.82, 2.24) is 4.57 Å². The molecule has 1 aromatic heterocycles. The van der Waals surface area contributed by atoms with E-state index in [1.165, 1.54) is 5.56 Å². The number of fused-ring (bicyclic) bond motifs is 1. The van der Waals surface area contributed by atoms with Crippen LogP contribution in [-0.4, -0.2) is 11.2 Å². The molecule has 0 N–H and O–H groups in total. The maximum atomic E-state index is 12.4. The highest BCUT2D eigenvalue weighted by molar-refractivity contribution is 5.86. The topological polar surface area (TPSA) is 31.2 Å². The number of benzene rings is 2. The van der Waals surface area contributed by atoms with Crippen molar-refractivity contribution >= 4 is 10.9 Å². The van der Waals surface area contributed by atoms with Crippen LogP contribution < -0.4 is 10.3 Å². The molecule has 0 amide bonds. The van der Waals surface area contributed by atoms with Gasteiger partial charge in [0.25, 0.3) is 5.56 Å². The molecular weight excluding hydrogens is 286 g/mol. The first kappa shape index (κ1) is 15.3. The van der Waals surface area contributed by atoms with Crippen molar-refractivity contribution in [3.05, 3.63) is 75.6 Å². The van der Waals surface area contributed by atoms with Crippen LogP contribution in [0.1, 0.15) is 16.7 Å². The molecule has 23 heavy (non-hydrogen) atoms. The molecule has 0 aliphatic carbocycles. The molecule has 0 atom stereocenters. The summed E-state index contributed by atoms with van der Waals surface area (Å²) in [6.45, 7) is 7.14. The Balaban J connectivity index is 1.95. The summed E-state index contributed by atoms with van der Waals surface area (Å²) in [7, 11) is 0. The lowest BCUT2D eigenvalue weighted by atomic mass is 10.0. The highest BCUT2D eigenvalue weighted by Gasteiger charge is 2.09. The van der Waals surface area contributed by atoms with E-state index in [1.54, 1.807) is 6.07 Å². The van der Waals surface area contributed by atoms with Crippen molar-refractivity contribution in [2.45, 2.75) is 27.3 Å². The quantitative estimate of drug-likeness (QED) is 0.729. The van der Waals surface area contributed by atoms with E-state index >= 15 is 0 Å². The van der Waals surface area contributed by atoms with Crippen molar-refractivity contribution in [2.75, 3.05) is 6.61 Å². The van der Waals surface area contributed by atoms with Crippen molar-refractivity contribution in [3.63, 3.8) is 0 Å². The number of hydrogen-bond acceptors (Lipinski definition) is 2. The van der Waals surface area contributed by atoms with Crippen LogP contribution >= 0.6 is 0 Å². The van der Waals surface area contributed by atoms with Crippen LogP contribution in [0.5, 0.6) is 5.75 Å². The van der Waals surface area contributed by atoms with Crippen molar-refractivity contribution in [3.8, 4) is 5.75 Å². The van der Waals surface area contributed by atoms with Gasteiger partial charge < -0.3 is 9.30 Å². The van der Waals surface area contributed by atoms with Crippen LogP contribution in [0, 0.1) is 20.8 Å². The number of aromatic nitrogens is 1. The van der Waals surface area contributed by atoms with Crippen molar-refractivity contribution in [1.29, 1.82) is 0 Å². The van der Waals surface area contributed by atoms with Crippen LogP contribution in [0.2, 0.25) is 0 Å². The van der Waals surface area contributed by atoms with Crippen LogP contribution in [0.3, 0.4) is 0 Å². The van der Waals surface area contributed by atoms with Gasteiger partial charge in [0.15, 0.2) is 0 Å². The Morgan fingerprint density at radius 2 is 1.70 bits per heavy atom. The third kappa shape index (κ3) is 3.14. The van der Waals surface area contributed by atoms with Crippen LogP contribution in [0.4, 0.5) is 0 Å². The highest BCUT2D eigenvalue weighted by Crippen LogP contribution is 2.22.